The zero-order valence-corrected chi connectivity index (χ0v) is 13.1. The van der Waals surface area contributed by atoms with Gasteiger partial charge in [0.2, 0.25) is 0 Å². The monoisotopic (exact) mass is 285 g/mol. The summed E-state index contributed by atoms with van der Waals surface area (Å²) in [5, 5.41) is 3.60. The maximum Gasteiger partial charge on any atom is 0.123 e. The maximum atomic E-state index is 13.2. The van der Waals surface area contributed by atoms with E-state index in [9.17, 15) is 4.39 Å². The van der Waals surface area contributed by atoms with Crippen LogP contribution in [0.15, 0.2) is 42.5 Å². The molecule has 0 bridgehead atoms. The largest absolute Gasteiger partial charge is 0.310 e. The normalized spacial score (nSPS) is 12.4. The van der Waals surface area contributed by atoms with Crippen LogP contribution in [-0.4, -0.2) is 6.54 Å². The highest BCUT2D eigenvalue weighted by atomic mass is 19.1. The Hall–Kier alpha value is -1.67. The summed E-state index contributed by atoms with van der Waals surface area (Å²) in [5.74, 6) is -0.162. The van der Waals surface area contributed by atoms with Crippen molar-refractivity contribution in [1.29, 1.82) is 0 Å². The second kappa shape index (κ2) is 7.37. The van der Waals surface area contributed by atoms with Gasteiger partial charge in [-0.25, -0.2) is 4.39 Å². The number of nitrogens with one attached hydrogen (secondary N) is 1. The third kappa shape index (κ3) is 4.40. The van der Waals surface area contributed by atoms with Crippen molar-refractivity contribution < 1.29 is 4.39 Å². The predicted octanol–water partition coefficient (Wildman–Crippen LogP) is 4.73. The van der Waals surface area contributed by atoms with Crippen LogP contribution in [0.1, 0.15) is 41.6 Å². The lowest BCUT2D eigenvalue weighted by atomic mass is 9.95. The van der Waals surface area contributed by atoms with Gasteiger partial charge in [0.1, 0.15) is 5.82 Å². The van der Waals surface area contributed by atoms with Crippen LogP contribution in [0.4, 0.5) is 4.39 Å². The minimum absolute atomic E-state index is 0.162. The molecule has 0 aliphatic heterocycles. The molecule has 0 aromatic heterocycles. The van der Waals surface area contributed by atoms with Crippen LogP contribution in [0.25, 0.3) is 0 Å². The van der Waals surface area contributed by atoms with E-state index in [0.29, 0.717) is 0 Å². The van der Waals surface area contributed by atoms with Crippen molar-refractivity contribution in [2.45, 2.75) is 39.7 Å². The number of hydrogen-bond donors (Lipinski definition) is 1. The van der Waals surface area contributed by atoms with Gasteiger partial charge in [-0.3, -0.25) is 0 Å². The first kappa shape index (κ1) is 15.7. The summed E-state index contributed by atoms with van der Waals surface area (Å²) in [7, 11) is 0. The van der Waals surface area contributed by atoms with E-state index in [1.807, 2.05) is 13.0 Å². The van der Waals surface area contributed by atoms with Gasteiger partial charge in [0, 0.05) is 6.04 Å². The molecule has 0 radical (unpaired) electrons. The molecule has 1 N–H and O–H groups in total. The van der Waals surface area contributed by atoms with Crippen LogP contribution in [-0.2, 0) is 6.42 Å². The molecule has 0 aliphatic rings. The van der Waals surface area contributed by atoms with Crippen molar-refractivity contribution in [3.8, 4) is 0 Å². The number of benzene rings is 2. The van der Waals surface area contributed by atoms with Gasteiger partial charge in [-0.15, -0.1) is 0 Å². The Morgan fingerprint density at radius 3 is 2.38 bits per heavy atom. The first-order valence-corrected chi connectivity index (χ1v) is 7.65. The van der Waals surface area contributed by atoms with Gasteiger partial charge < -0.3 is 5.32 Å². The Kier molecular flexibility index (Phi) is 5.51. The van der Waals surface area contributed by atoms with Crippen molar-refractivity contribution >= 4 is 0 Å². The Morgan fingerprint density at radius 2 is 1.76 bits per heavy atom. The standard InChI is InChI=1S/C19H24FN/c1-4-11-21-19(16-7-5-14(2)6-8-16)13-17-9-10-18(20)12-15(17)3/h5-10,12,19,21H,4,11,13H2,1-3H3. The van der Waals surface area contributed by atoms with Gasteiger partial charge in [0.05, 0.1) is 0 Å². The van der Waals surface area contributed by atoms with Gasteiger partial charge in [-0.1, -0.05) is 42.8 Å². The third-order valence-corrected chi connectivity index (χ3v) is 3.85. The SMILES string of the molecule is CCCNC(Cc1ccc(F)cc1C)c1ccc(C)cc1. The lowest BCUT2D eigenvalue weighted by Gasteiger charge is -2.20. The van der Waals surface area contributed by atoms with Gasteiger partial charge >= 0.3 is 0 Å². The number of hydrogen-bond acceptors (Lipinski definition) is 1. The molecule has 21 heavy (non-hydrogen) atoms. The summed E-state index contributed by atoms with van der Waals surface area (Å²) in [6, 6.07) is 14.0. The smallest absolute Gasteiger partial charge is 0.123 e. The van der Waals surface area contributed by atoms with E-state index in [0.717, 1.165) is 24.9 Å². The van der Waals surface area contributed by atoms with Gasteiger partial charge in [-0.05, 0) is 62.1 Å². The minimum Gasteiger partial charge on any atom is -0.310 e. The molecule has 112 valence electrons. The average molecular weight is 285 g/mol. The molecule has 1 atom stereocenters. The molecule has 0 heterocycles. The van der Waals surface area contributed by atoms with E-state index in [2.05, 4.69) is 43.4 Å². The molecule has 2 rings (SSSR count). The molecular weight excluding hydrogens is 261 g/mol. The van der Waals surface area contributed by atoms with Crippen LogP contribution in [0, 0.1) is 19.7 Å². The van der Waals surface area contributed by atoms with E-state index in [4.69, 9.17) is 0 Å². The van der Waals surface area contributed by atoms with Gasteiger partial charge in [0.25, 0.3) is 0 Å². The molecule has 2 aromatic rings. The number of rotatable bonds is 6. The molecule has 0 aliphatic carbocycles. The molecule has 2 heteroatoms. The van der Waals surface area contributed by atoms with Crippen LogP contribution in [0.2, 0.25) is 0 Å². The second-order valence-electron chi connectivity index (χ2n) is 5.69. The van der Waals surface area contributed by atoms with Crippen molar-refractivity contribution in [1.82, 2.24) is 5.32 Å². The molecule has 0 saturated carbocycles. The number of aryl methyl sites for hydroxylation is 2. The zero-order valence-electron chi connectivity index (χ0n) is 13.1. The maximum absolute atomic E-state index is 13.2. The summed E-state index contributed by atoms with van der Waals surface area (Å²) in [5.41, 5.74) is 4.78. The molecule has 2 aromatic carbocycles. The van der Waals surface area contributed by atoms with E-state index in [-0.39, 0.29) is 11.9 Å². The van der Waals surface area contributed by atoms with Crippen molar-refractivity contribution in [3.63, 3.8) is 0 Å². The Morgan fingerprint density at radius 1 is 1.05 bits per heavy atom. The molecule has 0 saturated heterocycles. The van der Waals surface area contributed by atoms with Crippen LogP contribution in [0.3, 0.4) is 0 Å². The molecule has 0 spiro atoms. The highest BCUT2D eigenvalue weighted by Gasteiger charge is 2.13. The lowest BCUT2D eigenvalue weighted by Crippen LogP contribution is -2.24. The molecule has 0 fully saturated rings. The summed E-state index contributed by atoms with van der Waals surface area (Å²) in [6.45, 7) is 7.23. The zero-order chi connectivity index (χ0) is 15.2. The minimum atomic E-state index is -0.162. The van der Waals surface area contributed by atoms with Crippen LogP contribution >= 0.6 is 0 Å². The summed E-state index contributed by atoms with van der Waals surface area (Å²) < 4.78 is 13.2. The fourth-order valence-electron chi connectivity index (χ4n) is 2.53. The van der Waals surface area contributed by atoms with Gasteiger partial charge in [0.15, 0.2) is 0 Å². The molecule has 0 amide bonds. The molecule has 1 unspecified atom stereocenters. The average Bonchev–Trinajstić information content (AvgIpc) is 2.46. The van der Waals surface area contributed by atoms with Crippen molar-refractivity contribution in [2.24, 2.45) is 0 Å². The highest BCUT2D eigenvalue weighted by Crippen LogP contribution is 2.21. The summed E-state index contributed by atoms with van der Waals surface area (Å²) in [6.07, 6.45) is 1.99. The fraction of sp³-hybridized carbons (Fsp3) is 0.368. The topological polar surface area (TPSA) is 12.0 Å². The summed E-state index contributed by atoms with van der Waals surface area (Å²) in [4.78, 5) is 0. The second-order valence-corrected chi connectivity index (χ2v) is 5.69. The fourth-order valence-corrected chi connectivity index (χ4v) is 2.53. The van der Waals surface area contributed by atoms with Crippen LogP contribution in [0.5, 0.6) is 0 Å². The first-order chi connectivity index (χ1) is 10.1. The summed E-state index contributed by atoms with van der Waals surface area (Å²) >= 11 is 0. The van der Waals surface area contributed by atoms with Gasteiger partial charge in [-0.2, -0.15) is 0 Å². The Bertz CT molecular complexity index is 575. The quantitative estimate of drug-likeness (QED) is 0.809. The van der Waals surface area contributed by atoms with Crippen LogP contribution < -0.4 is 5.32 Å². The van der Waals surface area contributed by atoms with E-state index in [1.165, 1.54) is 16.7 Å². The molecular formula is C19H24FN. The van der Waals surface area contributed by atoms with E-state index >= 15 is 0 Å². The Labute approximate surface area is 127 Å². The predicted molar refractivity (Wildman–Crippen MR) is 87.1 cm³/mol. The van der Waals surface area contributed by atoms with E-state index in [1.54, 1.807) is 12.1 Å². The van der Waals surface area contributed by atoms with Crippen molar-refractivity contribution in [3.05, 3.63) is 70.5 Å². The number of halogens is 1. The first-order valence-electron chi connectivity index (χ1n) is 7.65. The third-order valence-electron chi connectivity index (χ3n) is 3.85. The molecule has 1 nitrogen and oxygen atoms in total. The van der Waals surface area contributed by atoms with E-state index < -0.39 is 0 Å². The van der Waals surface area contributed by atoms with Crippen molar-refractivity contribution in [2.75, 3.05) is 6.54 Å². The Balaban J connectivity index is 2.21. The highest BCUT2D eigenvalue weighted by molar-refractivity contribution is 5.31. The lowest BCUT2D eigenvalue weighted by molar-refractivity contribution is 0.527.